The van der Waals surface area contributed by atoms with Gasteiger partial charge in [0.2, 0.25) is 11.8 Å². The van der Waals surface area contributed by atoms with Gasteiger partial charge >= 0.3 is 12.0 Å². The lowest BCUT2D eigenvalue weighted by molar-refractivity contribution is -0.142. The van der Waals surface area contributed by atoms with Crippen LogP contribution >= 0.6 is 0 Å². The molecule has 0 aliphatic carbocycles. The maximum absolute atomic E-state index is 12.4. The maximum atomic E-state index is 12.4. The number of nitrogens with one attached hydrogen (secondary N) is 2. The number of urea groups is 1. The molecule has 0 aliphatic heterocycles. The number of rotatable bonds is 7. The molecule has 3 aromatic carbocycles. The number of ether oxygens (including phenoxy) is 1. The van der Waals surface area contributed by atoms with E-state index >= 15 is 0 Å². The van der Waals surface area contributed by atoms with E-state index in [1.807, 2.05) is 36.4 Å². The highest BCUT2D eigenvalue weighted by molar-refractivity contribution is 6.00. The normalized spacial score (nSPS) is 10.5. The number of esters is 1. The summed E-state index contributed by atoms with van der Waals surface area (Å²) in [5, 5.41) is 13.8. The Morgan fingerprint density at radius 2 is 1.48 bits per heavy atom. The molecule has 0 radical (unpaired) electrons. The van der Waals surface area contributed by atoms with Gasteiger partial charge in [0.05, 0.1) is 13.0 Å². The number of anilines is 2. The predicted molar refractivity (Wildman–Crippen MR) is 125 cm³/mol. The Kier molecular flexibility index (Phi) is 6.75. The fourth-order valence-electron chi connectivity index (χ4n) is 3.15. The molecule has 0 aliphatic rings. The van der Waals surface area contributed by atoms with Crippen molar-refractivity contribution in [1.29, 1.82) is 0 Å². The molecule has 1 aromatic heterocycles. The maximum Gasteiger partial charge on any atom is 0.323 e. The Morgan fingerprint density at radius 3 is 2.21 bits per heavy atom. The van der Waals surface area contributed by atoms with Crippen LogP contribution in [0.3, 0.4) is 0 Å². The molecular formula is C25H22N4O4. The molecule has 0 unspecified atom stereocenters. The molecule has 0 fully saturated rings. The molecule has 0 saturated carbocycles. The molecule has 4 rings (SSSR count). The number of hydrogen-bond acceptors (Lipinski definition) is 6. The topological polar surface area (TPSA) is 106 Å². The first kappa shape index (κ1) is 21.8. The molecule has 8 heteroatoms. The number of aromatic nitrogens is 2. The molecular weight excluding hydrogens is 420 g/mol. The van der Waals surface area contributed by atoms with Crippen molar-refractivity contribution in [3.63, 3.8) is 0 Å². The number of carbonyl (C=O) groups excluding carboxylic acids is 2. The molecule has 1 heterocycles. The quantitative estimate of drug-likeness (QED) is 0.383. The molecule has 0 atom stereocenters. The van der Waals surface area contributed by atoms with Gasteiger partial charge in [-0.25, -0.2) is 4.79 Å². The van der Waals surface area contributed by atoms with Crippen LogP contribution in [0.2, 0.25) is 0 Å². The van der Waals surface area contributed by atoms with Crippen LogP contribution in [-0.2, 0) is 16.0 Å². The number of benzene rings is 3. The van der Waals surface area contributed by atoms with Crippen LogP contribution in [0.1, 0.15) is 12.5 Å². The van der Waals surface area contributed by atoms with Gasteiger partial charge in [0.15, 0.2) is 0 Å². The summed E-state index contributed by atoms with van der Waals surface area (Å²) in [5.41, 5.74) is 3.49. The van der Waals surface area contributed by atoms with E-state index in [0.717, 1.165) is 11.1 Å². The lowest BCUT2D eigenvalue weighted by Crippen LogP contribution is -2.19. The van der Waals surface area contributed by atoms with Crippen LogP contribution in [0.5, 0.6) is 0 Å². The highest BCUT2D eigenvalue weighted by atomic mass is 16.5. The lowest BCUT2D eigenvalue weighted by Gasteiger charge is -2.09. The van der Waals surface area contributed by atoms with Crippen LogP contribution < -0.4 is 10.6 Å². The van der Waals surface area contributed by atoms with E-state index in [4.69, 9.17) is 9.15 Å². The third kappa shape index (κ3) is 5.82. The second-order valence-corrected chi connectivity index (χ2v) is 7.12. The molecule has 2 amide bonds. The van der Waals surface area contributed by atoms with Crippen molar-refractivity contribution >= 4 is 23.4 Å². The van der Waals surface area contributed by atoms with Gasteiger partial charge in [-0.1, -0.05) is 36.4 Å². The number of amides is 2. The van der Waals surface area contributed by atoms with Gasteiger partial charge in [-0.05, 0) is 55.0 Å². The summed E-state index contributed by atoms with van der Waals surface area (Å²) >= 11 is 0. The molecule has 0 spiro atoms. The number of nitrogens with zero attached hydrogens (tertiary/aromatic N) is 2. The van der Waals surface area contributed by atoms with Crippen molar-refractivity contribution in [2.24, 2.45) is 0 Å². The molecule has 0 bridgehead atoms. The first-order valence-corrected chi connectivity index (χ1v) is 10.4. The van der Waals surface area contributed by atoms with Crippen molar-refractivity contribution in [2.45, 2.75) is 13.3 Å². The summed E-state index contributed by atoms with van der Waals surface area (Å²) in [6.07, 6.45) is 0.189. The average molecular weight is 442 g/mol. The van der Waals surface area contributed by atoms with Gasteiger partial charge in [-0.2, -0.15) is 0 Å². The Balaban J connectivity index is 1.38. The first-order valence-electron chi connectivity index (χ1n) is 10.4. The Bertz CT molecular complexity index is 1240. The summed E-state index contributed by atoms with van der Waals surface area (Å²) < 4.78 is 10.7. The highest BCUT2D eigenvalue weighted by Gasteiger charge is 2.12. The second kappa shape index (κ2) is 10.2. The van der Waals surface area contributed by atoms with Crippen LogP contribution in [0, 0.1) is 0 Å². The van der Waals surface area contributed by atoms with E-state index in [1.165, 1.54) is 0 Å². The Hall–Kier alpha value is -4.46. The Morgan fingerprint density at radius 1 is 0.818 bits per heavy atom. The average Bonchev–Trinajstić information content (AvgIpc) is 3.32. The lowest BCUT2D eigenvalue weighted by atomic mass is 10.1. The van der Waals surface area contributed by atoms with E-state index in [9.17, 15) is 9.59 Å². The van der Waals surface area contributed by atoms with Crippen molar-refractivity contribution in [3.05, 3.63) is 84.4 Å². The standard InChI is InChI=1S/C25H22N4O4/c1-2-32-22(30)15-17-11-13-20(14-12-17)26-25(31)27-21-10-6-9-19(16-21)24-29-28-23(33-24)18-7-4-3-5-8-18/h3-14,16H,2,15H2,1H3,(H2,26,27,31). The third-order valence-electron chi connectivity index (χ3n) is 4.68. The zero-order valence-electron chi connectivity index (χ0n) is 17.9. The van der Waals surface area contributed by atoms with Crippen molar-refractivity contribution in [3.8, 4) is 22.9 Å². The van der Waals surface area contributed by atoms with Gasteiger partial charge in [-0.15, -0.1) is 10.2 Å². The minimum absolute atomic E-state index is 0.189. The minimum Gasteiger partial charge on any atom is -0.466 e. The number of hydrogen-bond donors (Lipinski definition) is 2. The summed E-state index contributed by atoms with van der Waals surface area (Å²) in [4.78, 5) is 24.0. The monoisotopic (exact) mass is 442 g/mol. The van der Waals surface area contributed by atoms with E-state index in [1.54, 1.807) is 49.4 Å². The molecule has 8 nitrogen and oxygen atoms in total. The molecule has 2 N–H and O–H groups in total. The molecule has 0 saturated heterocycles. The second-order valence-electron chi connectivity index (χ2n) is 7.12. The predicted octanol–water partition coefficient (Wildman–Crippen LogP) is 5.15. The zero-order valence-corrected chi connectivity index (χ0v) is 17.9. The molecule has 33 heavy (non-hydrogen) atoms. The summed E-state index contributed by atoms with van der Waals surface area (Å²) in [6.45, 7) is 2.11. The van der Waals surface area contributed by atoms with E-state index in [2.05, 4.69) is 20.8 Å². The largest absolute Gasteiger partial charge is 0.466 e. The third-order valence-corrected chi connectivity index (χ3v) is 4.68. The van der Waals surface area contributed by atoms with E-state index in [-0.39, 0.29) is 12.4 Å². The van der Waals surface area contributed by atoms with Gasteiger partial charge in [0.25, 0.3) is 0 Å². The summed E-state index contributed by atoms with van der Waals surface area (Å²) in [6, 6.07) is 23.2. The smallest absolute Gasteiger partial charge is 0.323 e. The number of carbonyl (C=O) groups is 2. The van der Waals surface area contributed by atoms with Gasteiger partial charge in [0, 0.05) is 22.5 Å². The van der Waals surface area contributed by atoms with Crippen molar-refractivity contribution in [2.75, 3.05) is 17.2 Å². The highest BCUT2D eigenvalue weighted by Crippen LogP contribution is 2.25. The van der Waals surface area contributed by atoms with Crippen molar-refractivity contribution < 1.29 is 18.7 Å². The fraction of sp³-hybridized carbons (Fsp3) is 0.120. The summed E-state index contributed by atoms with van der Waals surface area (Å²) in [5.74, 6) is 0.496. The van der Waals surface area contributed by atoms with Crippen LogP contribution in [-0.4, -0.2) is 28.8 Å². The fourth-order valence-corrected chi connectivity index (χ4v) is 3.15. The van der Waals surface area contributed by atoms with E-state index in [0.29, 0.717) is 35.3 Å². The van der Waals surface area contributed by atoms with Crippen LogP contribution in [0.15, 0.2) is 83.3 Å². The molecule has 166 valence electrons. The first-order chi connectivity index (χ1) is 16.1. The zero-order chi connectivity index (χ0) is 23.0. The van der Waals surface area contributed by atoms with E-state index < -0.39 is 6.03 Å². The molecule has 4 aromatic rings. The van der Waals surface area contributed by atoms with Crippen LogP contribution in [0.25, 0.3) is 22.9 Å². The van der Waals surface area contributed by atoms with Gasteiger partial charge < -0.3 is 19.8 Å². The summed E-state index contributed by atoms with van der Waals surface area (Å²) in [7, 11) is 0. The minimum atomic E-state index is -0.402. The van der Waals surface area contributed by atoms with Gasteiger partial charge in [-0.3, -0.25) is 4.79 Å². The SMILES string of the molecule is CCOC(=O)Cc1ccc(NC(=O)Nc2cccc(-c3nnc(-c4ccccc4)o3)c2)cc1. The van der Waals surface area contributed by atoms with Gasteiger partial charge in [0.1, 0.15) is 0 Å². The van der Waals surface area contributed by atoms with Crippen molar-refractivity contribution in [1.82, 2.24) is 10.2 Å². The van der Waals surface area contributed by atoms with Crippen LogP contribution in [0.4, 0.5) is 16.2 Å². The Labute approximate surface area is 190 Å².